The number of hydrogen-bond acceptors (Lipinski definition) is 4. The number of nitrogens with two attached hydrogens (primary N) is 1. The minimum atomic E-state index is -3.41. The van der Waals surface area contributed by atoms with Gasteiger partial charge in [0.05, 0.1) is 0 Å². The first-order valence-electron chi connectivity index (χ1n) is 6.19. The van der Waals surface area contributed by atoms with Gasteiger partial charge in [0, 0.05) is 10.4 Å². The van der Waals surface area contributed by atoms with Gasteiger partial charge in [-0.05, 0) is 44.9 Å². The Labute approximate surface area is 114 Å². The first-order valence-corrected chi connectivity index (χ1v) is 8.49. The van der Waals surface area contributed by atoms with E-state index in [4.69, 9.17) is 5.73 Å². The van der Waals surface area contributed by atoms with Crippen LogP contribution in [0.15, 0.2) is 16.3 Å². The maximum absolute atomic E-state index is 12.3. The van der Waals surface area contributed by atoms with E-state index in [0.717, 1.165) is 24.1 Å². The maximum atomic E-state index is 12.3. The summed E-state index contributed by atoms with van der Waals surface area (Å²) in [5.41, 5.74) is 5.09. The highest BCUT2D eigenvalue weighted by Crippen LogP contribution is 2.24. The van der Waals surface area contributed by atoms with Gasteiger partial charge in [-0.2, -0.15) is 0 Å². The lowest BCUT2D eigenvalue weighted by atomic mass is 9.98. The minimum Gasteiger partial charge on any atom is -0.330 e. The molecule has 0 aromatic carbocycles. The molecule has 0 saturated heterocycles. The predicted molar refractivity (Wildman–Crippen MR) is 76.4 cm³/mol. The second kappa shape index (κ2) is 6.14. The van der Waals surface area contributed by atoms with Gasteiger partial charge in [-0.3, -0.25) is 0 Å². The Hall–Kier alpha value is -0.430. The van der Waals surface area contributed by atoms with Gasteiger partial charge in [0.1, 0.15) is 4.21 Å². The van der Waals surface area contributed by atoms with E-state index in [2.05, 4.69) is 4.72 Å². The molecule has 0 fully saturated rings. The van der Waals surface area contributed by atoms with E-state index < -0.39 is 10.0 Å². The van der Waals surface area contributed by atoms with Crippen molar-refractivity contribution in [2.45, 2.75) is 49.8 Å². The number of sulfonamides is 1. The molecule has 0 radical (unpaired) electrons. The second-order valence-corrected chi connectivity index (χ2v) is 7.71. The van der Waals surface area contributed by atoms with E-state index in [1.165, 1.54) is 11.3 Å². The third kappa shape index (κ3) is 3.78. The Morgan fingerprint density at radius 1 is 1.33 bits per heavy atom. The van der Waals surface area contributed by atoms with Gasteiger partial charge < -0.3 is 5.73 Å². The molecule has 1 rings (SSSR count). The lowest BCUT2D eigenvalue weighted by Gasteiger charge is -2.27. The molecule has 6 heteroatoms. The summed E-state index contributed by atoms with van der Waals surface area (Å²) in [6, 6.07) is 3.49. The highest BCUT2D eigenvalue weighted by Gasteiger charge is 2.28. The SMILES string of the molecule is CCC(C)(CC)NS(=O)(=O)c1ccc(CCN)s1. The van der Waals surface area contributed by atoms with Crippen molar-refractivity contribution < 1.29 is 8.42 Å². The topological polar surface area (TPSA) is 72.2 Å². The predicted octanol–water partition coefficient (Wildman–Crippen LogP) is 2.11. The molecule has 0 saturated carbocycles. The summed E-state index contributed by atoms with van der Waals surface area (Å²) in [6.07, 6.45) is 2.26. The van der Waals surface area contributed by atoms with Crippen LogP contribution >= 0.6 is 11.3 Å². The minimum absolute atomic E-state index is 0.374. The van der Waals surface area contributed by atoms with Crippen molar-refractivity contribution in [2.75, 3.05) is 6.54 Å². The fourth-order valence-electron chi connectivity index (χ4n) is 1.55. The number of rotatable bonds is 7. The average Bonchev–Trinajstić information content (AvgIpc) is 2.78. The van der Waals surface area contributed by atoms with Crippen LogP contribution in [-0.4, -0.2) is 20.5 Å². The molecule has 104 valence electrons. The van der Waals surface area contributed by atoms with E-state index in [9.17, 15) is 8.42 Å². The van der Waals surface area contributed by atoms with Crippen LogP contribution in [-0.2, 0) is 16.4 Å². The standard InChI is InChI=1S/C12H22N2O2S2/c1-4-12(3,5-2)14-18(15,16)11-7-6-10(17-11)8-9-13/h6-7,14H,4-5,8-9,13H2,1-3H3. The van der Waals surface area contributed by atoms with Crippen LogP contribution in [0.2, 0.25) is 0 Å². The summed E-state index contributed by atoms with van der Waals surface area (Å²) < 4.78 is 27.7. The van der Waals surface area contributed by atoms with Crippen molar-refractivity contribution in [1.29, 1.82) is 0 Å². The first kappa shape index (κ1) is 15.6. The number of thiophene rings is 1. The Kier molecular flexibility index (Phi) is 5.33. The van der Waals surface area contributed by atoms with Gasteiger partial charge >= 0.3 is 0 Å². The molecule has 4 nitrogen and oxygen atoms in total. The van der Waals surface area contributed by atoms with Crippen LogP contribution in [0.4, 0.5) is 0 Å². The summed E-state index contributed by atoms with van der Waals surface area (Å²) in [7, 11) is -3.41. The highest BCUT2D eigenvalue weighted by atomic mass is 32.2. The molecule has 0 amide bonds. The zero-order valence-electron chi connectivity index (χ0n) is 11.2. The summed E-state index contributed by atoms with van der Waals surface area (Å²) >= 11 is 1.30. The zero-order valence-corrected chi connectivity index (χ0v) is 12.8. The molecular formula is C12H22N2O2S2. The molecule has 0 unspecified atom stereocenters. The largest absolute Gasteiger partial charge is 0.330 e. The molecular weight excluding hydrogens is 268 g/mol. The van der Waals surface area contributed by atoms with Gasteiger partial charge in [0.25, 0.3) is 10.0 Å². The van der Waals surface area contributed by atoms with Crippen molar-refractivity contribution in [3.05, 3.63) is 17.0 Å². The fraction of sp³-hybridized carbons (Fsp3) is 0.667. The van der Waals surface area contributed by atoms with Gasteiger partial charge in [0.15, 0.2) is 0 Å². The van der Waals surface area contributed by atoms with Gasteiger partial charge in [0.2, 0.25) is 0 Å². The third-order valence-corrected chi connectivity index (χ3v) is 6.51. The van der Waals surface area contributed by atoms with E-state index in [0.29, 0.717) is 10.8 Å². The zero-order chi connectivity index (χ0) is 13.8. The molecule has 0 atom stereocenters. The lowest BCUT2D eigenvalue weighted by molar-refractivity contribution is 0.389. The lowest BCUT2D eigenvalue weighted by Crippen LogP contribution is -2.44. The van der Waals surface area contributed by atoms with Gasteiger partial charge in [-0.15, -0.1) is 11.3 Å². The monoisotopic (exact) mass is 290 g/mol. The summed E-state index contributed by atoms with van der Waals surface area (Å²) in [5, 5.41) is 0. The van der Waals surface area contributed by atoms with Crippen LogP contribution in [0.3, 0.4) is 0 Å². The van der Waals surface area contributed by atoms with E-state index >= 15 is 0 Å². The molecule has 0 bridgehead atoms. The molecule has 1 aromatic heterocycles. The van der Waals surface area contributed by atoms with Crippen LogP contribution in [0.25, 0.3) is 0 Å². The summed E-state index contributed by atoms with van der Waals surface area (Å²) in [6.45, 7) is 6.44. The summed E-state index contributed by atoms with van der Waals surface area (Å²) in [4.78, 5) is 1.01. The number of hydrogen-bond donors (Lipinski definition) is 2. The molecule has 0 aliphatic carbocycles. The Bertz CT molecular complexity index is 476. The van der Waals surface area contributed by atoms with Crippen LogP contribution in [0, 0.1) is 0 Å². The van der Waals surface area contributed by atoms with Gasteiger partial charge in [-0.1, -0.05) is 13.8 Å². The van der Waals surface area contributed by atoms with Crippen molar-refractivity contribution in [3.63, 3.8) is 0 Å². The summed E-state index contributed by atoms with van der Waals surface area (Å²) in [5.74, 6) is 0. The van der Waals surface area contributed by atoms with Gasteiger partial charge in [-0.25, -0.2) is 13.1 Å². The number of nitrogens with one attached hydrogen (secondary N) is 1. The molecule has 18 heavy (non-hydrogen) atoms. The van der Waals surface area contributed by atoms with Crippen LogP contribution in [0.5, 0.6) is 0 Å². The second-order valence-electron chi connectivity index (χ2n) is 4.63. The quantitative estimate of drug-likeness (QED) is 0.808. The Morgan fingerprint density at radius 3 is 2.44 bits per heavy atom. The molecule has 0 aliphatic heterocycles. The van der Waals surface area contributed by atoms with Crippen molar-refractivity contribution >= 4 is 21.4 Å². The van der Waals surface area contributed by atoms with Crippen LogP contribution in [0.1, 0.15) is 38.5 Å². The first-order chi connectivity index (χ1) is 8.37. The molecule has 0 aliphatic rings. The van der Waals surface area contributed by atoms with E-state index in [1.807, 2.05) is 26.8 Å². The molecule has 1 heterocycles. The Balaban J connectivity index is 2.92. The maximum Gasteiger partial charge on any atom is 0.250 e. The fourth-order valence-corrected chi connectivity index (χ4v) is 4.47. The van der Waals surface area contributed by atoms with Crippen molar-refractivity contribution in [2.24, 2.45) is 5.73 Å². The highest BCUT2D eigenvalue weighted by molar-refractivity contribution is 7.91. The smallest absolute Gasteiger partial charge is 0.250 e. The Morgan fingerprint density at radius 2 is 1.94 bits per heavy atom. The molecule has 0 spiro atoms. The van der Waals surface area contributed by atoms with Crippen molar-refractivity contribution in [3.8, 4) is 0 Å². The third-order valence-electron chi connectivity index (χ3n) is 3.23. The van der Waals surface area contributed by atoms with E-state index in [-0.39, 0.29) is 5.54 Å². The van der Waals surface area contributed by atoms with Crippen LogP contribution < -0.4 is 10.5 Å². The average molecular weight is 290 g/mol. The normalized spacial score (nSPS) is 12.9. The van der Waals surface area contributed by atoms with E-state index in [1.54, 1.807) is 6.07 Å². The molecule has 3 N–H and O–H groups in total. The van der Waals surface area contributed by atoms with Crippen molar-refractivity contribution in [1.82, 2.24) is 4.72 Å². The molecule has 1 aromatic rings.